The van der Waals surface area contributed by atoms with Gasteiger partial charge in [-0.3, -0.25) is 9.79 Å². The van der Waals surface area contributed by atoms with E-state index in [1.165, 1.54) is 11.1 Å². The van der Waals surface area contributed by atoms with Gasteiger partial charge in [-0.15, -0.1) is 24.0 Å². The summed E-state index contributed by atoms with van der Waals surface area (Å²) in [6, 6.07) is 12.6. The van der Waals surface area contributed by atoms with E-state index in [9.17, 15) is 4.79 Å². The van der Waals surface area contributed by atoms with Crippen molar-refractivity contribution < 1.29 is 4.79 Å². The summed E-state index contributed by atoms with van der Waals surface area (Å²) < 4.78 is 0. The highest BCUT2D eigenvalue weighted by molar-refractivity contribution is 14.0. The van der Waals surface area contributed by atoms with Crippen LogP contribution in [0.5, 0.6) is 0 Å². The van der Waals surface area contributed by atoms with E-state index in [0.717, 1.165) is 43.3 Å². The lowest BCUT2D eigenvalue weighted by atomic mass is 9.97. The lowest BCUT2D eigenvalue weighted by Gasteiger charge is -2.33. The lowest BCUT2D eigenvalue weighted by Crippen LogP contribution is -2.42. The van der Waals surface area contributed by atoms with Gasteiger partial charge >= 0.3 is 0 Å². The van der Waals surface area contributed by atoms with Crippen LogP contribution in [-0.4, -0.2) is 43.5 Å². The molecule has 3 rings (SSSR count). The van der Waals surface area contributed by atoms with E-state index >= 15 is 0 Å². The Balaban J connectivity index is 0.00000363. The first-order valence-electron chi connectivity index (χ1n) is 11.0. The SMILES string of the molecule is CN=C(NCc1cccnc1N1CCCC(C(N)=O)C1)NCC(C)c1ccc(C)cc1.I. The molecule has 2 aromatic rings. The number of halogens is 1. The van der Waals surface area contributed by atoms with Crippen molar-refractivity contribution in [3.63, 3.8) is 0 Å². The van der Waals surface area contributed by atoms with E-state index in [4.69, 9.17) is 5.73 Å². The van der Waals surface area contributed by atoms with E-state index in [-0.39, 0.29) is 35.8 Å². The molecule has 2 atom stereocenters. The van der Waals surface area contributed by atoms with Crippen LogP contribution in [0.25, 0.3) is 0 Å². The number of benzene rings is 1. The molecule has 0 aliphatic carbocycles. The number of primary amides is 1. The second-order valence-corrected chi connectivity index (χ2v) is 8.29. The zero-order valence-electron chi connectivity index (χ0n) is 19.2. The van der Waals surface area contributed by atoms with Crippen LogP contribution in [0.4, 0.5) is 5.82 Å². The molecule has 0 spiro atoms. The predicted molar refractivity (Wildman–Crippen MR) is 142 cm³/mol. The van der Waals surface area contributed by atoms with Gasteiger partial charge < -0.3 is 21.3 Å². The summed E-state index contributed by atoms with van der Waals surface area (Å²) in [6.07, 6.45) is 3.59. The molecule has 1 aromatic heterocycles. The Morgan fingerprint density at radius 1 is 1.28 bits per heavy atom. The number of nitrogens with two attached hydrogens (primary N) is 1. The van der Waals surface area contributed by atoms with Crippen LogP contribution in [0.1, 0.15) is 42.4 Å². The second kappa shape index (κ2) is 12.6. The van der Waals surface area contributed by atoms with Gasteiger partial charge in [-0.25, -0.2) is 4.98 Å². The molecule has 0 bridgehead atoms. The Bertz CT molecular complexity index is 902. The fourth-order valence-electron chi connectivity index (χ4n) is 3.92. The monoisotopic (exact) mass is 550 g/mol. The molecule has 2 heterocycles. The van der Waals surface area contributed by atoms with Crippen LogP contribution in [0.15, 0.2) is 47.6 Å². The molecular weight excluding hydrogens is 515 g/mol. The summed E-state index contributed by atoms with van der Waals surface area (Å²) in [5.74, 6) is 1.68. The van der Waals surface area contributed by atoms with Crippen LogP contribution in [0.2, 0.25) is 0 Å². The number of piperidine rings is 1. The maximum absolute atomic E-state index is 11.7. The van der Waals surface area contributed by atoms with Crippen molar-refractivity contribution in [1.29, 1.82) is 0 Å². The highest BCUT2D eigenvalue weighted by Crippen LogP contribution is 2.24. The van der Waals surface area contributed by atoms with Gasteiger partial charge in [0.1, 0.15) is 5.82 Å². The lowest BCUT2D eigenvalue weighted by molar-refractivity contribution is -0.122. The van der Waals surface area contributed by atoms with Gasteiger partial charge in [0.05, 0.1) is 5.92 Å². The van der Waals surface area contributed by atoms with Gasteiger partial charge in [0, 0.05) is 45.0 Å². The molecule has 0 radical (unpaired) electrons. The number of aryl methyl sites for hydroxylation is 1. The number of nitrogens with one attached hydrogen (secondary N) is 2. The molecule has 1 aromatic carbocycles. The van der Waals surface area contributed by atoms with E-state index in [0.29, 0.717) is 19.0 Å². The number of nitrogens with zero attached hydrogens (tertiary/aromatic N) is 3. The summed E-state index contributed by atoms with van der Waals surface area (Å²) in [7, 11) is 1.78. The first-order chi connectivity index (χ1) is 15.0. The summed E-state index contributed by atoms with van der Waals surface area (Å²) in [5.41, 5.74) is 9.19. The first kappa shape index (κ1) is 25.9. The fraction of sp³-hybridized carbons (Fsp3) is 0.458. The molecule has 32 heavy (non-hydrogen) atoms. The number of pyridine rings is 1. The Hall–Kier alpha value is -2.36. The number of amides is 1. The number of aliphatic imine (C=N–C) groups is 1. The van der Waals surface area contributed by atoms with E-state index in [1.54, 1.807) is 13.2 Å². The van der Waals surface area contributed by atoms with Crippen molar-refractivity contribution >= 4 is 41.7 Å². The standard InChI is InChI=1S/C24H34N6O.HI/c1-17-8-10-19(11-9-17)18(2)14-28-24(26-3)29-15-20-6-4-12-27-23(20)30-13-5-7-21(16-30)22(25)31;/h4,6,8-12,18,21H,5,7,13-16H2,1-3H3,(H2,25,31)(H2,26,28,29);1H. The zero-order valence-corrected chi connectivity index (χ0v) is 21.5. The number of hydrogen-bond acceptors (Lipinski definition) is 4. The van der Waals surface area contributed by atoms with Crippen molar-refractivity contribution in [3.05, 3.63) is 59.3 Å². The largest absolute Gasteiger partial charge is 0.369 e. The van der Waals surface area contributed by atoms with E-state index in [1.807, 2.05) is 6.07 Å². The highest BCUT2D eigenvalue weighted by Gasteiger charge is 2.26. The van der Waals surface area contributed by atoms with Crippen LogP contribution >= 0.6 is 24.0 Å². The maximum Gasteiger partial charge on any atom is 0.222 e. The van der Waals surface area contributed by atoms with Gasteiger partial charge in [-0.2, -0.15) is 0 Å². The Kier molecular flexibility index (Phi) is 10.2. The van der Waals surface area contributed by atoms with Gasteiger partial charge in [0.25, 0.3) is 0 Å². The number of hydrogen-bond donors (Lipinski definition) is 3. The van der Waals surface area contributed by atoms with Crippen LogP contribution in [-0.2, 0) is 11.3 Å². The molecule has 1 fully saturated rings. The molecule has 0 saturated carbocycles. The summed E-state index contributed by atoms with van der Waals surface area (Å²) in [5, 5.41) is 6.81. The minimum Gasteiger partial charge on any atom is -0.369 e. The Morgan fingerprint density at radius 3 is 2.72 bits per heavy atom. The topological polar surface area (TPSA) is 95.6 Å². The van der Waals surface area contributed by atoms with E-state index in [2.05, 4.69) is 69.7 Å². The van der Waals surface area contributed by atoms with Gasteiger partial charge in [0.15, 0.2) is 5.96 Å². The van der Waals surface area contributed by atoms with Crippen LogP contribution < -0.4 is 21.3 Å². The number of aromatic nitrogens is 1. The summed E-state index contributed by atoms with van der Waals surface area (Å²) >= 11 is 0. The van der Waals surface area contributed by atoms with Crippen molar-refractivity contribution in [1.82, 2.24) is 15.6 Å². The molecule has 1 amide bonds. The molecule has 4 N–H and O–H groups in total. The minimum atomic E-state index is -0.229. The summed E-state index contributed by atoms with van der Waals surface area (Å²) in [6.45, 7) is 7.20. The van der Waals surface area contributed by atoms with Crippen LogP contribution in [0, 0.1) is 12.8 Å². The molecule has 174 valence electrons. The number of guanidine groups is 1. The highest BCUT2D eigenvalue weighted by atomic mass is 127. The molecule has 8 heteroatoms. The average Bonchev–Trinajstić information content (AvgIpc) is 2.79. The number of carbonyl (C=O) groups excluding carboxylic acids is 1. The predicted octanol–water partition coefficient (Wildman–Crippen LogP) is 3.18. The normalized spacial score (nSPS) is 17.3. The maximum atomic E-state index is 11.7. The quantitative estimate of drug-likeness (QED) is 0.280. The average molecular weight is 550 g/mol. The Labute approximate surface area is 208 Å². The number of rotatable bonds is 7. The van der Waals surface area contributed by atoms with Gasteiger partial charge in [0.2, 0.25) is 5.91 Å². The fourth-order valence-corrected chi connectivity index (χ4v) is 3.92. The van der Waals surface area contributed by atoms with E-state index < -0.39 is 0 Å². The molecule has 1 aliphatic rings. The van der Waals surface area contributed by atoms with Crippen molar-refractivity contribution in [2.45, 2.75) is 39.2 Å². The van der Waals surface area contributed by atoms with Crippen molar-refractivity contribution in [2.75, 3.05) is 31.6 Å². The third-order valence-electron chi connectivity index (χ3n) is 5.88. The molecule has 1 saturated heterocycles. The minimum absolute atomic E-state index is 0. The first-order valence-corrected chi connectivity index (χ1v) is 11.0. The smallest absolute Gasteiger partial charge is 0.222 e. The van der Waals surface area contributed by atoms with Gasteiger partial charge in [-0.05, 0) is 37.3 Å². The molecule has 1 aliphatic heterocycles. The van der Waals surface area contributed by atoms with Crippen molar-refractivity contribution in [2.24, 2.45) is 16.6 Å². The number of anilines is 1. The molecule has 2 unspecified atom stereocenters. The molecule has 7 nitrogen and oxygen atoms in total. The second-order valence-electron chi connectivity index (χ2n) is 8.29. The third-order valence-corrected chi connectivity index (χ3v) is 5.88. The summed E-state index contributed by atoms with van der Waals surface area (Å²) in [4.78, 5) is 22.8. The number of carbonyl (C=O) groups is 1. The Morgan fingerprint density at radius 2 is 2.03 bits per heavy atom. The zero-order chi connectivity index (χ0) is 22.2. The van der Waals surface area contributed by atoms with Crippen molar-refractivity contribution in [3.8, 4) is 0 Å². The van der Waals surface area contributed by atoms with Crippen LogP contribution in [0.3, 0.4) is 0 Å². The molecular formula is C24H35IN6O. The third kappa shape index (κ3) is 7.08. The van der Waals surface area contributed by atoms with Gasteiger partial charge in [-0.1, -0.05) is 42.8 Å².